The molecule has 0 aromatic heterocycles. The van der Waals surface area contributed by atoms with Gasteiger partial charge < -0.3 is 36.1 Å². The highest BCUT2D eigenvalue weighted by molar-refractivity contribution is 8.15. The van der Waals surface area contributed by atoms with E-state index in [4.69, 9.17) is 20.6 Å². The number of ether oxygens (including phenoxy) is 2. The van der Waals surface area contributed by atoms with E-state index < -0.39 is 69.9 Å². The van der Waals surface area contributed by atoms with Gasteiger partial charge in [-0.2, -0.15) is 17.6 Å². The summed E-state index contributed by atoms with van der Waals surface area (Å²) >= 11 is 5.29. The molecule has 0 fully saturated rings. The zero-order chi connectivity index (χ0) is 40.5. The van der Waals surface area contributed by atoms with Crippen LogP contribution in [0.4, 0.5) is 0 Å². The van der Waals surface area contributed by atoms with Crippen LogP contribution in [-0.2, 0) is 28.8 Å². The van der Waals surface area contributed by atoms with Gasteiger partial charge in [0.1, 0.15) is 35.2 Å². The third kappa shape index (κ3) is 16.2. The summed E-state index contributed by atoms with van der Waals surface area (Å²) in [7, 11) is 3.08. The van der Waals surface area contributed by atoms with Crippen LogP contribution in [0.3, 0.4) is 0 Å². The first-order valence-electron chi connectivity index (χ1n) is 15.7. The van der Waals surface area contributed by atoms with Crippen LogP contribution in [0.5, 0.6) is 11.5 Å². The van der Waals surface area contributed by atoms with Crippen LogP contribution in [0.15, 0.2) is 53.5 Å². The Morgan fingerprint density at radius 2 is 1.27 bits per heavy atom. The Morgan fingerprint density at radius 3 is 1.82 bits per heavy atom. The molecule has 0 heterocycles. The second-order valence-electron chi connectivity index (χ2n) is 11.2. The smallest absolute Gasteiger partial charge is 0.347 e. The molecule has 0 radical (unpaired) electrons. The molecule has 2 aromatic rings. The zero-order valence-electron chi connectivity index (χ0n) is 29.8. The topological polar surface area (TPSA) is 269 Å². The summed E-state index contributed by atoms with van der Waals surface area (Å²) in [5, 5.41) is 16.0. The van der Waals surface area contributed by atoms with E-state index in [1.54, 1.807) is 0 Å². The third-order valence-electron chi connectivity index (χ3n) is 6.50. The average molecular weight is 821 g/mol. The Hall–Kier alpha value is -5.41. The van der Waals surface area contributed by atoms with Crippen LogP contribution in [0, 0.1) is 5.41 Å². The second-order valence-corrected chi connectivity index (χ2v) is 13.6. The number of amides is 4. The predicted octanol–water partition coefficient (Wildman–Crippen LogP) is 0.952. The highest BCUT2D eigenvalue weighted by Crippen LogP contribution is 2.27. The predicted molar refractivity (Wildman–Crippen MR) is 212 cm³/mol. The number of benzene rings is 2. The Morgan fingerprint density at radius 1 is 0.782 bits per heavy atom. The minimum absolute atomic E-state index is 0. The number of para-hydroxylation sites is 2. The molecule has 21 heteroatoms. The number of carbonyl (C=O) groups is 8. The lowest BCUT2D eigenvalue weighted by molar-refractivity contribution is -0.138. The fourth-order valence-electron chi connectivity index (χ4n) is 4.01. The molecule has 0 aliphatic carbocycles. The van der Waals surface area contributed by atoms with E-state index in [9.17, 15) is 38.4 Å². The van der Waals surface area contributed by atoms with Crippen molar-refractivity contribution >= 4 is 93.9 Å². The lowest BCUT2D eigenvalue weighted by atomic mass is 10.2. The first-order chi connectivity index (χ1) is 25.4. The molecule has 0 saturated heterocycles. The molecule has 4 amide bonds. The van der Waals surface area contributed by atoms with E-state index >= 15 is 0 Å². The maximum atomic E-state index is 13.4. The number of rotatable bonds is 15. The van der Waals surface area contributed by atoms with Gasteiger partial charge in [-0.3, -0.25) is 39.5 Å². The number of aliphatic imine (C=N–C) groups is 1. The third-order valence-corrected chi connectivity index (χ3v) is 8.92. The molecule has 0 spiro atoms. The number of nitrogens with one attached hydrogen (secondary N) is 5. The number of hydrogen-bond acceptors (Lipinski definition) is 14. The van der Waals surface area contributed by atoms with Gasteiger partial charge >= 0.3 is 11.9 Å². The van der Waals surface area contributed by atoms with E-state index in [2.05, 4.69) is 38.9 Å². The largest absolute Gasteiger partial charge is 0.424 e. The molecule has 0 bridgehead atoms. The molecule has 0 aliphatic heterocycles. The Labute approximate surface area is 331 Å². The molecular formula is C34H44N8O10S3. The van der Waals surface area contributed by atoms with Gasteiger partial charge in [-0.25, -0.2) is 9.59 Å². The normalized spacial score (nSPS) is 12.3. The molecule has 3 atom stereocenters. The van der Waals surface area contributed by atoms with Crippen LogP contribution >= 0.6 is 36.2 Å². The van der Waals surface area contributed by atoms with Crippen molar-refractivity contribution in [3.63, 3.8) is 0 Å². The Kier molecular flexibility index (Phi) is 20.2. The van der Waals surface area contributed by atoms with Gasteiger partial charge in [0.05, 0.1) is 5.56 Å². The number of nitrogens with zero attached hydrogens (tertiary/aromatic N) is 2. The molecule has 2 rings (SSSR count). The van der Waals surface area contributed by atoms with Crippen molar-refractivity contribution in [2.24, 2.45) is 10.7 Å². The minimum atomic E-state index is -1.28. The SMILES string of the molecule is C.CC(=O)NC(CSC(=O)C(CSC(=O)c1ccccc1OC(=O)c1ccccc1OC(=O)C(CS)NC(C)=O)NC(C)=O)C(=O)NC(N)=NC(=N)N(C)C. The number of nitrogens with two attached hydrogens (primary N) is 1. The first kappa shape index (κ1) is 47.6. The molecule has 18 nitrogen and oxygen atoms in total. The number of thiol groups is 1. The van der Waals surface area contributed by atoms with Gasteiger partial charge in [-0.05, 0) is 24.3 Å². The van der Waals surface area contributed by atoms with Crippen molar-refractivity contribution < 1.29 is 47.8 Å². The summed E-state index contributed by atoms with van der Waals surface area (Å²) in [4.78, 5) is 106. The number of esters is 2. The molecule has 0 aliphatic rings. The van der Waals surface area contributed by atoms with E-state index in [1.165, 1.54) is 81.4 Å². The van der Waals surface area contributed by atoms with Crippen molar-refractivity contribution in [1.82, 2.24) is 26.2 Å². The lowest BCUT2D eigenvalue weighted by Gasteiger charge is -2.19. The van der Waals surface area contributed by atoms with Crippen LogP contribution in [-0.4, -0.2) is 112 Å². The number of guanidine groups is 2. The van der Waals surface area contributed by atoms with Gasteiger partial charge in [-0.1, -0.05) is 55.2 Å². The molecule has 3 unspecified atom stereocenters. The number of carbonyl (C=O) groups excluding carboxylic acids is 8. The highest BCUT2D eigenvalue weighted by Gasteiger charge is 2.28. The van der Waals surface area contributed by atoms with Crippen molar-refractivity contribution in [3.8, 4) is 11.5 Å². The van der Waals surface area contributed by atoms with Gasteiger partial charge in [0.2, 0.25) is 45.8 Å². The Balaban J connectivity index is 0.0000151. The number of hydrogen-bond donors (Lipinski definition) is 7. The zero-order valence-corrected chi connectivity index (χ0v) is 32.3. The van der Waals surface area contributed by atoms with Crippen molar-refractivity contribution in [2.75, 3.05) is 31.4 Å². The molecule has 55 heavy (non-hydrogen) atoms. The fourth-order valence-corrected chi connectivity index (χ4v) is 6.14. The maximum absolute atomic E-state index is 13.4. The standard InChI is InChI=1S/C33H40N8O10S3.CH4/c1-17(42)36-22(14-52)29(47)51-25-12-8-6-10-20(25)28(46)50-26-13-9-7-11-21(26)30(48)53-16-24(38-19(3)44)31(49)54-15-23(37-18(2)43)27(45)39-32(34)40-33(35)41(4)5;/h6-13,22-24,52H,14-16H2,1-5H3,(H,36,42)(H,37,43)(H,38,44)(H4,34,35,39,40,45);1H4. The lowest BCUT2D eigenvalue weighted by Crippen LogP contribution is -2.51. The van der Waals surface area contributed by atoms with E-state index in [0.717, 1.165) is 6.92 Å². The summed E-state index contributed by atoms with van der Waals surface area (Å²) in [5.74, 6) is -5.98. The highest BCUT2D eigenvalue weighted by atomic mass is 32.2. The first-order valence-corrected chi connectivity index (χ1v) is 18.3. The van der Waals surface area contributed by atoms with Crippen LogP contribution < -0.4 is 36.5 Å². The maximum Gasteiger partial charge on any atom is 0.347 e. The Bertz CT molecular complexity index is 1810. The second kappa shape index (κ2) is 23.4. The molecule has 298 valence electrons. The van der Waals surface area contributed by atoms with Crippen molar-refractivity contribution in [1.29, 1.82) is 5.41 Å². The fraction of sp³-hybridized carbons (Fsp3) is 0.353. The molecule has 0 saturated carbocycles. The summed E-state index contributed by atoms with van der Waals surface area (Å²) in [6.07, 6.45) is 0. The van der Waals surface area contributed by atoms with E-state index in [-0.39, 0.29) is 53.3 Å². The van der Waals surface area contributed by atoms with Crippen LogP contribution in [0.1, 0.15) is 48.9 Å². The van der Waals surface area contributed by atoms with Gasteiger partial charge in [0.25, 0.3) is 0 Å². The summed E-state index contributed by atoms with van der Waals surface area (Å²) in [6, 6.07) is 7.84. The van der Waals surface area contributed by atoms with Crippen molar-refractivity contribution in [2.45, 2.75) is 46.3 Å². The average Bonchev–Trinajstić information content (AvgIpc) is 3.10. The van der Waals surface area contributed by atoms with Gasteiger partial charge in [-0.15, -0.1) is 0 Å². The van der Waals surface area contributed by atoms with Crippen molar-refractivity contribution in [3.05, 3.63) is 59.7 Å². The summed E-state index contributed by atoms with van der Waals surface area (Å²) in [5.41, 5.74) is 5.48. The molecule has 7 N–H and O–H groups in total. The summed E-state index contributed by atoms with van der Waals surface area (Å²) in [6.45, 7) is 3.54. The summed E-state index contributed by atoms with van der Waals surface area (Å²) < 4.78 is 10.9. The van der Waals surface area contributed by atoms with Crippen LogP contribution in [0.25, 0.3) is 0 Å². The van der Waals surface area contributed by atoms with E-state index in [1.807, 2.05) is 0 Å². The quantitative estimate of drug-likeness (QED) is 0.0434. The minimum Gasteiger partial charge on any atom is -0.424 e. The van der Waals surface area contributed by atoms with Gasteiger partial charge in [0, 0.05) is 52.1 Å². The molecule has 2 aromatic carbocycles. The number of thioether (sulfide) groups is 2. The van der Waals surface area contributed by atoms with Gasteiger partial charge in [0.15, 0.2) is 0 Å². The van der Waals surface area contributed by atoms with E-state index in [0.29, 0.717) is 23.5 Å². The van der Waals surface area contributed by atoms with Crippen LogP contribution in [0.2, 0.25) is 0 Å². The monoisotopic (exact) mass is 820 g/mol. The molecular weight excluding hydrogens is 777 g/mol.